The van der Waals surface area contributed by atoms with Gasteiger partial charge in [0.15, 0.2) is 5.78 Å². The first-order chi connectivity index (χ1) is 15.6. The molecule has 0 bridgehead atoms. The molecule has 2 heterocycles. The number of hydrogen-bond acceptors (Lipinski definition) is 5. The lowest BCUT2D eigenvalue weighted by molar-refractivity contribution is 0.0971. The first-order valence-electron chi connectivity index (χ1n) is 11.1. The van der Waals surface area contributed by atoms with Crippen LogP contribution >= 0.6 is 11.3 Å². The Morgan fingerprint density at radius 3 is 2.39 bits per heavy atom. The molecule has 0 spiro atoms. The van der Waals surface area contributed by atoms with E-state index < -0.39 is 0 Å². The van der Waals surface area contributed by atoms with Crippen molar-refractivity contribution in [1.29, 1.82) is 5.41 Å². The molecule has 0 aliphatic heterocycles. The summed E-state index contributed by atoms with van der Waals surface area (Å²) in [7, 11) is 0. The number of phenolic OH excluding ortho intramolecular Hbond substituents is 1. The predicted octanol–water partition coefficient (Wildman–Crippen LogP) is 5.44. The van der Waals surface area contributed by atoms with Gasteiger partial charge in [0, 0.05) is 22.7 Å². The quantitative estimate of drug-likeness (QED) is 0.374. The Morgan fingerprint density at radius 1 is 1.15 bits per heavy atom. The van der Waals surface area contributed by atoms with Gasteiger partial charge in [-0.25, -0.2) is 4.98 Å². The minimum atomic E-state index is -0.304. The fourth-order valence-corrected chi connectivity index (χ4v) is 4.75. The molecule has 0 aliphatic carbocycles. The number of carbonyl (C=O) groups excluding carboxylic acids is 1. The number of thiazole rings is 1. The minimum absolute atomic E-state index is 0.0517. The van der Waals surface area contributed by atoms with Crippen LogP contribution < -0.4 is 5.62 Å². The van der Waals surface area contributed by atoms with Crippen LogP contribution in [-0.4, -0.2) is 25.0 Å². The number of fused-ring (bicyclic) bond motifs is 1. The number of para-hydroxylation sites is 2. The number of hydrogen-bond donors (Lipinski definition) is 2. The van der Waals surface area contributed by atoms with Gasteiger partial charge in [-0.05, 0) is 41.2 Å². The topological polar surface area (TPSA) is 83.9 Å². The fourth-order valence-electron chi connectivity index (χ4n) is 4.15. The van der Waals surface area contributed by atoms with E-state index in [4.69, 9.17) is 5.41 Å². The van der Waals surface area contributed by atoms with E-state index >= 15 is 0 Å². The van der Waals surface area contributed by atoms with E-state index in [-0.39, 0.29) is 35.0 Å². The van der Waals surface area contributed by atoms with E-state index in [1.165, 1.54) is 0 Å². The van der Waals surface area contributed by atoms with Crippen molar-refractivity contribution >= 4 is 28.2 Å². The van der Waals surface area contributed by atoms with Crippen LogP contribution in [0.1, 0.15) is 67.0 Å². The van der Waals surface area contributed by atoms with Gasteiger partial charge >= 0.3 is 0 Å². The second-order valence-electron chi connectivity index (χ2n) is 9.70. The monoisotopic (exact) mass is 462 g/mol. The molecule has 0 saturated carbocycles. The minimum Gasteiger partial charge on any atom is -0.507 e. The first-order valence-corrected chi connectivity index (χ1v) is 12.0. The van der Waals surface area contributed by atoms with Crippen LogP contribution in [0.15, 0.2) is 48.0 Å². The summed E-state index contributed by atoms with van der Waals surface area (Å²) in [5.74, 6) is 0.263. The highest BCUT2D eigenvalue weighted by atomic mass is 32.1. The molecule has 0 radical (unpaired) electrons. The summed E-state index contributed by atoms with van der Waals surface area (Å²) in [6, 6.07) is 11.4. The van der Waals surface area contributed by atoms with Gasteiger partial charge in [-0.2, -0.15) is 0 Å². The van der Waals surface area contributed by atoms with Crippen molar-refractivity contribution in [3.8, 4) is 5.75 Å². The Bertz CT molecular complexity index is 1370. The third kappa shape index (κ3) is 4.37. The third-order valence-electron chi connectivity index (χ3n) is 5.94. The van der Waals surface area contributed by atoms with Gasteiger partial charge in [-0.1, -0.05) is 46.8 Å². The zero-order valence-electron chi connectivity index (χ0n) is 19.7. The summed E-state index contributed by atoms with van der Waals surface area (Å²) in [5.41, 5.74) is 3.79. The molecule has 0 aliphatic rings. The Hall–Kier alpha value is -3.19. The molecule has 0 amide bonds. The van der Waals surface area contributed by atoms with Gasteiger partial charge < -0.3 is 14.2 Å². The average molecular weight is 463 g/mol. The van der Waals surface area contributed by atoms with E-state index in [0.717, 1.165) is 27.2 Å². The molecule has 2 aromatic heterocycles. The zero-order chi connectivity index (χ0) is 23.9. The van der Waals surface area contributed by atoms with Crippen LogP contribution in [0, 0.1) is 5.41 Å². The van der Waals surface area contributed by atoms with Crippen LogP contribution in [0.2, 0.25) is 0 Å². The summed E-state index contributed by atoms with van der Waals surface area (Å²) < 4.78 is 3.64. The molecule has 2 aromatic carbocycles. The number of rotatable bonds is 6. The highest BCUT2D eigenvalue weighted by molar-refractivity contribution is 7.09. The molecule has 0 atom stereocenters. The maximum Gasteiger partial charge on any atom is 0.203 e. The van der Waals surface area contributed by atoms with Gasteiger partial charge in [-0.3, -0.25) is 10.2 Å². The van der Waals surface area contributed by atoms with Crippen molar-refractivity contribution in [1.82, 2.24) is 14.1 Å². The summed E-state index contributed by atoms with van der Waals surface area (Å²) >= 11 is 1.55. The van der Waals surface area contributed by atoms with Crippen LogP contribution in [0.25, 0.3) is 11.0 Å². The Kier molecular flexibility index (Phi) is 6.01. The first kappa shape index (κ1) is 23.0. The molecule has 172 valence electrons. The van der Waals surface area contributed by atoms with Crippen molar-refractivity contribution in [2.75, 3.05) is 0 Å². The second kappa shape index (κ2) is 8.63. The number of Topliss-reactive ketones (excluding diaryl/α,β-unsaturated/α-hetero) is 1. The van der Waals surface area contributed by atoms with Crippen LogP contribution in [0.5, 0.6) is 5.75 Å². The zero-order valence-corrected chi connectivity index (χ0v) is 20.5. The van der Waals surface area contributed by atoms with Crippen molar-refractivity contribution < 1.29 is 9.90 Å². The Labute approximate surface area is 197 Å². The molecule has 7 heteroatoms. The number of carbonyl (C=O) groups is 1. The standard InChI is InChI=1S/C26H30N4O2S/c1-16(2)18-12-17(13-19(24(18)32)26(3,4)5)22(31)14-29-20-8-6-7-9-21(20)30(25(29)27)15-23-28-10-11-33-23/h6-13,16,27,32H,14-15H2,1-5H3. The van der Waals surface area contributed by atoms with Gasteiger partial charge in [0.2, 0.25) is 5.62 Å². The maximum absolute atomic E-state index is 13.5. The van der Waals surface area contributed by atoms with Gasteiger partial charge in [0.1, 0.15) is 10.8 Å². The highest BCUT2D eigenvalue weighted by Gasteiger charge is 2.24. The predicted molar refractivity (Wildman–Crippen MR) is 132 cm³/mol. The Morgan fingerprint density at radius 2 is 1.82 bits per heavy atom. The number of nitrogens with one attached hydrogen (secondary N) is 1. The lowest BCUT2D eigenvalue weighted by Crippen LogP contribution is -2.28. The molecule has 4 aromatic rings. The number of phenols is 1. The number of ketones is 1. The van der Waals surface area contributed by atoms with Gasteiger partial charge in [-0.15, -0.1) is 11.3 Å². The number of aromatic hydroxyl groups is 1. The van der Waals surface area contributed by atoms with E-state index in [1.54, 1.807) is 28.2 Å². The summed E-state index contributed by atoms with van der Waals surface area (Å²) in [4.78, 5) is 17.9. The average Bonchev–Trinajstić information content (AvgIpc) is 3.35. The fraction of sp³-hybridized carbons (Fsp3) is 0.346. The molecule has 0 fully saturated rings. The number of nitrogens with zero attached hydrogens (tertiary/aromatic N) is 3. The molecule has 33 heavy (non-hydrogen) atoms. The number of aromatic nitrogens is 3. The molecular formula is C26H30N4O2S. The number of imidazole rings is 1. The lowest BCUT2D eigenvalue weighted by atomic mass is 9.82. The molecule has 4 rings (SSSR count). The van der Waals surface area contributed by atoms with Gasteiger partial charge in [0.25, 0.3) is 0 Å². The highest BCUT2D eigenvalue weighted by Crippen LogP contribution is 2.37. The third-order valence-corrected chi connectivity index (χ3v) is 6.71. The second-order valence-corrected chi connectivity index (χ2v) is 10.7. The van der Waals surface area contributed by atoms with E-state index in [2.05, 4.69) is 4.98 Å². The molecule has 6 nitrogen and oxygen atoms in total. The summed E-state index contributed by atoms with van der Waals surface area (Å²) in [6.45, 7) is 10.7. The normalized spacial score (nSPS) is 12.1. The smallest absolute Gasteiger partial charge is 0.203 e. The molecule has 0 saturated heterocycles. The molecular weight excluding hydrogens is 432 g/mol. The van der Waals surface area contributed by atoms with E-state index in [1.807, 2.05) is 74.9 Å². The van der Waals surface area contributed by atoms with Crippen LogP contribution in [0.4, 0.5) is 0 Å². The van der Waals surface area contributed by atoms with Crippen molar-refractivity contribution in [3.63, 3.8) is 0 Å². The summed E-state index contributed by atoms with van der Waals surface area (Å²) in [5, 5.41) is 22.5. The summed E-state index contributed by atoms with van der Waals surface area (Å²) in [6.07, 6.45) is 1.76. The van der Waals surface area contributed by atoms with Crippen molar-refractivity contribution in [3.05, 3.63) is 75.3 Å². The van der Waals surface area contributed by atoms with E-state index in [0.29, 0.717) is 12.1 Å². The SMILES string of the molecule is CC(C)c1cc(C(=O)Cn2c(=N)n(Cc3nccs3)c3ccccc32)cc(C(C)(C)C)c1O. The number of benzene rings is 2. The largest absolute Gasteiger partial charge is 0.507 e. The molecule has 2 N–H and O–H groups in total. The maximum atomic E-state index is 13.5. The van der Waals surface area contributed by atoms with E-state index in [9.17, 15) is 9.90 Å². The van der Waals surface area contributed by atoms with Crippen molar-refractivity contribution in [2.24, 2.45) is 0 Å². The van der Waals surface area contributed by atoms with Crippen molar-refractivity contribution in [2.45, 2.75) is 59.0 Å². The van der Waals surface area contributed by atoms with Crippen LogP contribution in [0.3, 0.4) is 0 Å². The lowest BCUT2D eigenvalue weighted by Gasteiger charge is -2.24. The van der Waals surface area contributed by atoms with Crippen LogP contribution in [-0.2, 0) is 18.5 Å². The molecule has 0 unspecified atom stereocenters. The Balaban J connectivity index is 1.78. The van der Waals surface area contributed by atoms with Gasteiger partial charge in [0.05, 0.1) is 24.1 Å².